The molecular weight excluding hydrogens is 522 g/mol. The molecule has 3 fully saturated rings. The number of hydrogen-bond acceptors (Lipinski definition) is 6. The highest BCUT2D eigenvalue weighted by Gasteiger charge is 2.50. The first-order valence-electron chi connectivity index (χ1n) is 14.7. The second kappa shape index (κ2) is 9.67. The van der Waals surface area contributed by atoms with Crippen LogP contribution in [0, 0.1) is 5.41 Å². The second-order valence-corrected chi connectivity index (χ2v) is 15.1. The maximum atomic E-state index is 11.9. The van der Waals surface area contributed by atoms with Crippen molar-refractivity contribution in [2.45, 2.75) is 64.0 Å². The third-order valence-corrected chi connectivity index (χ3v) is 10.3. The zero-order chi connectivity index (χ0) is 27.6. The number of aryl methyl sites for hydroxylation is 1. The van der Waals surface area contributed by atoms with Crippen LogP contribution in [0.5, 0.6) is 0 Å². The van der Waals surface area contributed by atoms with Gasteiger partial charge in [-0.3, -0.25) is 9.88 Å². The Balaban J connectivity index is 1.18. The zero-order valence-electron chi connectivity index (χ0n) is 23.7. The summed E-state index contributed by atoms with van der Waals surface area (Å²) in [6, 6.07) is 9.15. The highest BCUT2D eigenvalue weighted by molar-refractivity contribution is 7.90. The third-order valence-electron chi connectivity index (χ3n) is 9.41. The number of sulfone groups is 1. The molecule has 2 aliphatic heterocycles. The minimum atomic E-state index is -3.09. The van der Waals surface area contributed by atoms with E-state index in [0.717, 1.165) is 46.5 Å². The van der Waals surface area contributed by atoms with Crippen LogP contribution in [0.15, 0.2) is 36.7 Å². The van der Waals surface area contributed by atoms with Crippen LogP contribution < -0.4 is 0 Å². The first kappa shape index (κ1) is 26.2. The topological polar surface area (TPSA) is 93.1 Å². The van der Waals surface area contributed by atoms with Gasteiger partial charge in [-0.1, -0.05) is 13.8 Å². The number of nitrogens with zero attached hydrogens (tertiary/aromatic N) is 4. The zero-order valence-corrected chi connectivity index (χ0v) is 24.5. The van der Waals surface area contributed by atoms with Crippen LogP contribution in [0.3, 0.4) is 0 Å². The van der Waals surface area contributed by atoms with Crippen LogP contribution in [0.25, 0.3) is 33.3 Å². The minimum Gasteiger partial charge on any atom is -0.380 e. The molecule has 4 aromatic rings. The fourth-order valence-electron chi connectivity index (χ4n) is 7.24. The first-order valence-corrected chi connectivity index (χ1v) is 16.7. The molecule has 8 nitrogen and oxygen atoms in total. The molecule has 6 heterocycles. The number of rotatable bonds is 7. The molecule has 1 aliphatic carbocycles. The number of aromatic nitrogens is 4. The van der Waals surface area contributed by atoms with E-state index in [1.165, 1.54) is 56.3 Å². The Labute approximate surface area is 236 Å². The average molecular weight is 562 g/mol. The SMILES string of the molecule is CC(C)c1c(-c2cn(CCS(C)(=O)=O)c3ncccc23)[nH]c2ccc(C3CCC(N4CC5(COC5)C4)CC3)nc12. The van der Waals surface area contributed by atoms with E-state index in [9.17, 15) is 8.42 Å². The molecule has 0 atom stereocenters. The predicted molar refractivity (Wildman–Crippen MR) is 158 cm³/mol. The van der Waals surface area contributed by atoms with Crippen LogP contribution >= 0.6 is 0 Å². The number of likely N-dealkylation sites (tertiary alicyclic amines) is 1. The molecule has 7 rings (SSSR count). The van der Waals surface area contributed by atoms with E-state index in [2.05, 4.69) is 53.1 Å². The largest absolute Gasteiger partial charge is 0.380 e. The van der Waals surface area contributed by atoms with Gasteiger partial charge in [-0.2, -0.15) is 0 Å². The van der Waals surface area contributed by atoms with Gasteiger partial charge in [0.25, 0.3) is 0 Å². The van der Waals surface area contributed by atoms with E-state index < -0.39 is 9.84 Å². The molecule has 0 amide bonds. The van der Waals surface area contributed by atoms with Gasteiger partial charge in [0.05, 0.1) is 35.7 Å². The second-order valence-electron chi connectivity index (χ2n) is 12.8. The summed E-state index contributed by atoms with van der Waals surface area (Å²) in [5.74, 6) is 0.849. The molecule has 2 saturated heterocycles. The molecule has 40 heavy (non-hydrogen) atoms. The number of aromatic amines is 1. The van der Waals surface area contributed by atoms with Crippen molar-refractivity contribution in [3.8, 4) is 11.3 Å². The van der Waals surface area contributed by atoms with Crippen LogP contribution in [0.2, 0.25) is 0 Å². The molecule has 9 heteroatoms. The van der Waals surface area contributed by atoms with Gasteiger partial charge in [0.15, 0.2) is 0 Å². The Morgan fingerprint density at radius 1 is 1.12 bits per heavy atom. The van der Waals surface area contributed by atoms with Crippen molar-refractivity contribution in [1.29, 1.82) is 0 Å². The summed E-state index contributed by atoms with van der Waals surface area (Å²) in [5, 5.41) is 1.02. The molecule has 0 unspecified atom stereocenters. The van der Waals surface area contributed by atoms with Gasteiger partial charge >= 0.3 is 0 Å². The Morgan fingerprint density at radius 3 is 2.58 bits per heavy atom. The van der Waals surface area contributed by atoms with Gasteiger partial charge in [0.2, 0.25) is 0 Å². The smallest absolute Gasteiger partial charge is 0.149 e. The number of ether oxygens (including phenoxy) is 1. The maximum Gasteiger partial charge on any atom is 0.149 e. The Hall–Kier alpha value is -2.75. The maximum absolute atomic E-state index is 11.9. The summed E-state index contributed by atoms with van der Waals surface area (Å²) in [6.07, 6.45) is 9.97. The summed E-state index contributed by atoms with van der Waals surface area (Å²) < 4.78 is 31.2. The standard InChI is InChI=1S/C31H39N5O3S/c1-20(2)27-28(24-15-35(13-14-40(3,37)38)30-23(24)5-4-12-32-30)34-26-11-10-25(33-29(26)27)21-6-8-22(9-7-21)36-16-31(17-36)18-39-19-31/h4-5,10-12,15,20-22,34H,6-9,13-14,16-19H2,1-3H3. The van der Waals surface area contributed by atoms with Gasteiger partial charge in [-0.15, -0.1) is 0 Å². The summed E-state index contributed by atoms with van der Waals surface area (Å²) in [7, 11) is -3.09. The minimum absolute atomic E-state index is 0.0801. The molecule has 212 valence electrons. The lowest BCUT2D eigenvalue weighted by Gasteiger charge is -2.58. The van der Waals surface area contributed by atoms with Crippen molar-refractivity contribution in [2.75, 3.05) is 38.3 Å². The molecule has 3 aliphatic rings. The third kappa shape index (κ3) is 4.56. The molecule has 0 aromatic carbocycles. The Kier molecular flexibility index (Phi) is 6.33. The molecule has 1 N–H and O–H groups in total. The number of H-pyrrole nitrogens is 1. The fraction of sp³-hybridized carbons (Fsp3) is 0.548. The van der Waals surface area contributed by atoms with Gasteiger partial charge in [0.1, 0.15) is 15.5 Å². The molecule has 1 saturated carbocycles. The van der Waals surface area contributed by atoms with Crippen molar-refractivity contribution in [3.05, 3.63) is 47.9 Å². The van der Waals surface area contributed by atoms with Crippen molar-refractivity contribution in [3.63, 3.8) is 0 Å². The van der Waals surface area contributed by atoms with E-state index in [4.69, 9.17) is 9.72 Å². The quantitative estimate of drug-likeness (QED) is 0.337. The normalized spacial score (nSPS) is 23.2. The summed E-state index contributed by atoms with van der Waals surface area (Å²) in [4.78, 5) is 16.3. The molecular formula is C31H39N5O3S. The first-order chi connectivity index (χ1) is 19.2. The summed E-state index contributed by atoms with van der Waals surface area (Å²) in [6.45, 7) is 9.17. The number of fused-ring (bicyclic) bond motifs is 2. The van der Waals surface area contributed by atoms with Crippen LogP contribution in [0.4, 0.5) is 0 Å². The lowest BCUT2D eigenvalue weighted by molar-refractivity contribution is -0.200. The Bertz CT molecular complexity index is 1670. The van der Waals surface area contributed by atoms with Gasteiger partial charge < -0.3 is 14.3 Å². The summed E-state index contributed by atoms with van der Waals surface area (Å²) >= 11 is 0. The van der Waals surface area contributed by atoms with E-state index in [1.54, 1.807) is 6.20 Å². The Morgan fingerprint density at radius 2 is 1.90 bits per heavy atom. The lowest BCUT2D eigenvalue weighted by atomic mass is 9.74. The van der Waals surface area contributed by atoms with Gasteiger partial charge in [-0.05, 0) is 55.9 Å². The van der Waals surface area contributed by atoms with Crippen molar-refractivity contribution < 1.29 is 13.2 Å². The average Bonchev–Trinajstić information content (AvgIpc) is 3.44. The number of hydrogen-bond donors (Lipinski definition) is 1. The van der Waals surface area contributed by atoms with Crippen molar-refractivity contribution in [1.82, 2.24) is 24.4 Å². The molecule has 0 bridgehead atoms. The molecule has 4 aromatic heterocycles. The number of nitrogens with one attached hydrogen (secondary N) is 1. The number of pyridine rings is 2. The monoisotopic (exact) mass is 561 g/mol. The molecule has 0 radical (unpaired) electrons. The van der Waals surface area contributed by atoms with E-state index >= 15 is 0 Å². The van der Waals surface area contributed by atoms with Crippen LogP contribution in [0.1, 0.15) is 62.6 Å². The van der Waals surface area contributed by atoms with E-state index in [1.807, 2.05) is 10.6 Å². The van der Waals surface area contributed by atoms with Crippen molar-refractivity contribution >= 4 is 31.9 Å². The van der Waals surface area contributed by atoms with Crippen molar-refractivity contribution in [2.24, 2.45) is 5.41 Å². The van der Waals surface area contributed by atoms with Crippen LogP contribution in [-0.4, -0.2) is 77.2 Å². The van der Waals surface area contributed by atoms with Gasteiger partial charge in [-0.25, -0.2) is 13.4 Å². The summed E-state index contributed by atoms with van der Waals surface area (Å²) in [5.41, 5.74) is 7.92. The lowest BCUT2D eigenvalue weighted by Crippen LogP contribution is -2.68. The molecule has 1 spiro atoms. The van der Waals surface area contributed by atoms with E-state index in [0.29, 0.717) is 23.9 Å². The highest BCUT2D eigenvalue weighted by Crippen LogP contribution is 2.44. The highest BCUT2D eigenvalue weighted by atomic mass is 32.2. The van der Waals surface area contributed by atoms with E-state index in [-0.39, 0.29) is 11.7 Å². The predicted octanol–water partition coefficient (Wildman–Crippen LogP) is 5.11. The van der Waals surface area contributed by atoms with Gasteiger partial charge in [0, 0.05) is 77.9 Å². The van der Waals surface area contributed by atoms with Crippen LogP contribution in [-0.2, 0) is 21.1 Å². The fourth-order valence-corrected chi connectivity index (χ4v) is 7.77.